The fourth-order valence-electron chi connectivity index (χ4n) is 4.54. The fourth-order valence-corrected chi connectivity index (χ4v) is 4.54. The van der Waals surface area contributed by atoms with Crippen LogP contribution in [0.5, 0.6) is 0 Å². The molecule has 1 saturated heterocycles. The number of hydrogen-bond donors (Lipinski definition) is 2. The van der Waals surface area contributed by atoms with Crippen LogP contribution < -0.4 is 4.90 Å². The van der Waals surface area contributed by atoms with Crippen LogP contribution >= 0.6 is 0 Å². The number of anilines is 1. The predicted molar refractivity (Wildman–Crippen MR) is 123 cm³/mol. The molecule has 32 heavy (non-hydrogen) atoms. The van der Waals surface area contributed by atoms with Crippen molar-refractivity contribution in [2.45, 2.75) is 26.2 Å². The Morgan fingerprint density at radius 2 is 1.88 bits per heavy atom. The maximum absolute atomic E-state index is 14.9. The van der Waals surface area contributed by atoms with Gasteiger partial charge in [-0.15, -0.1) is 0 Å². The highest BCUT2D eigenvalue weighted by Gasteiger charge is 2.20. The Balaban J connectivity index is 1.50. The second kappa shape index (κ2) is 7.40. The van der Waals surface area contributed by atoms with Gasteiger partial charge in [-0.05, 0) is 49.9 Å². The molecule has 0 saturated carbocycles. The molecule has 1 aliphatic heterocycles. The molecule has 0 atom stereocenters. The first-order valence-corrected chi connectivity index (χ1v) is 10.9. The standard InChI is InChI=1S/C24H22FN7/c1-14-5-7-26-13-17(14)15-11-16-20(12-18(15)25)30-31-21(16)23-28-19-6-8-27-24(22(19)29-23)32-9-3-2-4-10-32/h5-8,11-13H,2-4,9-10H2,1H3,(H,28,29)(H,30,31). The molecule has 0 unspecified atom stereocenters. The lowest BCUT2D eigenvalue weighted by molar-refractivity contribution is 0.574. The number of pyridine rings is 2. The summed E-state index contributed by atoms with van der Waals surface area (Å²) in [5.74, 6) is 1.23. The SMILES string of the molecule is Cc1ccncc1-c1cc2c(-c3nc4c(N5CCCCC5)nccc4[nH]3)n[nH]c2cc1F. The molecule has 2 N–H and O–H groups in total. The van der Waals surface area contributed by atoms with Gasteiger partial charge in [-0.3, -0.25) is 10.1 Å². The number of fused-ring (bicyclic) bond motifs is 2. The third kappa shape index (κ3) is 3.02. The van der Waals surface area contributed by atoms with Crippen molar-refractivity contribution >= 4 is 27.8 Å². The highest BCUT2D eigenvalue weighted by Crippen LogP contribution is 2.34. The van der Waals surface area contributed by atoms with Crippen LogP contribution in [0, 0.1) is 12.7 Å². The third-order valence-electron chi connectivity index (χ3n) is 6.24. The Kier molecular flexibility index (Phi) is 4.38. The number of rotatable bonds is 3. The third-order valence-corrected chi connectivity index (χ3v) is 6.24. The first-order chi connectivity index (χ1) is 15.7. The van der Waals surface area contributed by atoms with Crippen LogP contribution in [-0.4, -0.2) is 43.2 Å². The predicted octanol–water partition coefficient (Wildman–Crippen LogP) is 5.00. The van der Waals surface area contributed by atoms with Gasteiger partial charge in [0.2, 0.25) is 0 Å². The van der Waals surface area contributed by atoms with E-state index < -0.39 is 0 Å². The van der Waals surface area contributed by atoms with Gasteiger partial charge in [0.15, 0.2) is 11.6 Å². The van der Waals surface area contributed by atoms with E-state index in [1.165, 1.54) is 25.3 Å². The van der Waals surface area contributed by atoms with E-state index in [4.69, 9.17) is 4.98 Å². The van der Waals surface area contributed by atoms with E-state index in [9.17, 15) is 4.39 Å². The molecule has 4 aromatic heterocycles. The Morgan fingerprint density at radius 3 is 2.72 bits per heavy atom. The summed E-state index contributed by atoms with van der Waals surface area (Å²) < 4.78 is 14.9. The van der Waals surface area contributed by atoms with Crippen LogP contribution in [0.25, 0.3) is 44.6 Å². The minimum atomic E-state index is -0.315. The number of aromatic nitrogens is 6. The van der Waals surface area contributed by atoms with Crippen molar-refractivity contribution in [3.05, 3.63) is 54.2 Å². The minimum absolute atomic E-state index is 0.315. The number of H-pyrrole nitrogens is 2. The van der Waals surface area contributed by atoms with Crippen molar-refractivity contribution in [3.8, 4) is 22.6 Å². The first kappa shape index (κ1) is 18.9. The van der Waals surface area contributed by atoms with Gasteiger partial charge in [0.1, 0.15) is 17.0 Å². The maximum Gasteiger partial charge on any atom is 0.159 e. The fraction of sp³-hybridized carbons (Fsp3) is 0.250. The van der Waals surface area contributed by atoms with Gasteiger partial charge in [-0.25, -0.2) is 14.4 Å². The van der Waals surface area contributed by atoms with Crippen LogP contribution in [-0.2, 0) is 0 Å². The Morgan fingerprint density at radius 1 is 1.00 bits per heavy atom. The van der Waals surface area contributed by atoms with Crippen LogP contribution in [0.15, 0.2) is 42.9 Å². The van der Waals surface area contributed by atoms with E-state index in [2.05, 4.69) is 30.0 Å². The number of nitrogens with zero attached hydrogens (tertiary/aromatic N) is 5. The molecule has 0 amide bonds. The zero-order valence-electron chi connectivity index (χ0n) is 17.7. The van der Waals surface area contributed by atoms with Gasteiger partial charge < -0.3 is 9.88 Å². The summed E-state index contributed by atoms with van der Waals surface area (Å²) in [6.07, 6.45) is 8.81. The van der Waals surface area contributed by atoms with Gasteiger partial charge >= 0.3 is 0 Å². The average molecular weight is 427 g/mol. The summed E-state index contributed by atoms with van der Waals surface area (Å²) in [6, 6.07) is 7.11. The molecule has 5 aromatic rings. The number of benzene rings is 1. The molecular formula is C24H22FN7. The van der Waals surface area contributed by atoms with Crippen molar-refractivity contribution in [2.24, 2.45) is 0 Å². The van der Waals surface area contributed by atoms with Crippen molar-refractivity contribution in [1.29, 1.82) is 0 Å². The van der Waals surface area contributed by atoms with Crippen LogP contribution in [0.2, 0.25) is 0 Å². The first-order valence-electron chi connectivity index (χ1n) is 10.9. The van der Waals surface area contributed by atoms with Crippen LogP contribution in [0.3, 0.4) is 0 Å². The molecule has 1 aromatic carbocycles. The molecule has 1 aliphatic rings. The second-order valence-electron chi connectivity index (χ2n) is 8.30. The summed E-state index contributed by atoms with van der Waals surface area (Å²) >= 11 is 0. The summed E-state index contributed by atoms with van der Waals surface area (Å²) in [5.41, 5.74) is 5.26. The number of aryl methyl sites for hydroxylation is 1. The molecule has 0 spiro atoms. The Labute approximate surface area is 183 Å². The van der Waals surface area contributed by atoms with E-state index in [1.807, 2.05) is 31.3 Å². The number of halogens is 1. The zero-order chi connectivity index (χ0) is 21.7. The van der Waals surface area contributed by atoms with Gasteiger partial charge in [0.25, 0.3) is 0 Å². The van der Waals surface area contributed by atoms with E-state index in [0.29, 0.717) is 22.6 Å². The van der Waals surface area contributed by atoms with Gasteiger partial charge in [-0.2, -0.15) is 5.10 Å². The lowest BCUT2D eigenvalue weighted by Gasteiger charge is -2.27. The molecule has 0 aliphatic carbocycles. The number of imidazole rings is 1. The topological polar surface area (TPSA) is 86.4 Å². The van der Waals surface area contributed by atoms with Gasteiger partial charge in [0.05, 0.1) is 11.0 Å². The van der Waals surface area contributed by atoms with Crippen LogP contribution in [0.4, 0.5) is 10.2 Å². The molecule has 1 fully saturated rings. The minimum Gasteiger partial charge on any atom is -0.355 e. The molecule has 160 valence electrons. The van der Waals surface area contributed by atoms with Gasteiger partial charge in [-0.1, -0.05) is 0 Å². The van der Waals surface area contributed by atoms with Crippen LogP contribution in [0.1, 0.15) is 24.8 Å². The van der Waals surface area contributed by atoms with Crippen molar-refractivity contribution in [1.82, 2.24) is 30.1 Å². The summed E-state index contributed by atoms with van der Waals surface area (Å²) in [4.78, 5) is 19.4. The largest absolute Gasteiger partial charge is 0.355 e. The zero-order valence-corrected chi connectivity index (χ0v) is 17.7. The number of piperidine rings is 1. The maximum atomic E-state index is 14.9. The summed E-state index contributed by atoms with van der Waals surface area (Å²) in [7, 11) is 0. The monoisotopic (exact) mass is 427 g/mol. The summed E-state index contributed by atoms with van der Waals surface area (Å²) in [6.45, 7) is 3.94. The molecule has 0 radical (unpaired) electrons. The molecular weight excluding hydrogens is 405 g/mol. The van der Waals surface area contributed by atoms with E-state index in [1.54, 1.807) is 12.4 Å². The lowest BCUT2D eigenvalue weighted by atomic mass is 10.0. The van der Waals surface area contributed by atoms with E-state index in [-0.39, 0.29) is 5.82 Å². The molecule has 5 heterocycles. The summed E-state index contributed by atoms with van der Waals surface area (Å²) in [5, 5.41) is 8.22. The lowest BCUT2D eigenvalue weighted by Crippen LogP contribution is -2.30. The van der Waals surface area contributed by atoms with Crippen molar-refractivity contribution in [3.63, 3.8) is 0 Å². The van der Waals surface area contributed by atoms with Crippen molar-refractivity contribution in [2.75, 3.05) is 18.0 Å². The van der Waals surface area contributed by atoms with E-state index in [0.717, 1.165) is 46.5 Å². The molecule has 7 nitrogen and oxygen atoms in total. The molecule has 0 bridgehead atoms. The highest BCUT2D eigenvalue weighted by molar-refractivity contribution is 5.97. The second-order valence-corrected chi connectivity index (χ2v) is 8.30. The number of nitrogens with one attached hydrogen (secondary N) is 2. The van der Waals surface area contributed by atoms with E-state index >= 15 is 0 Å². The van der Waals surface area contributed by atoms with Crippen molar-refractivity contribution < 1.29 is 4.39 Å². The normalized spacial score (nSPS) is 14.5. The van der Waals surface area contributed by atoms with Gasteiger partial charge in [0, 0.05) is 54.3 Å². The smallest absolute Gasteiger partial charge is 0.159 e. The quantitative estimate of drug-likeness (QED) is 0.423. The molecule has 8 heteroatoms. The Bertz CT molecular complexity index is 1450. The molecule has 6 rings (SSSR count). The number of hydrogen-bond acceptors (Lipinski definition) is 5. The highest BCUT2D eigenvalue weighted by atomic mass is 19.1. The number of aromatic amines is 2. The Hall–Kier alpha value is -3.81. The average Bonchev–Trinajstić information content (AvgIpc) is 3.43.